The van der Waals surface area contributed by atoms with E-state index in [1.807, 2.05) is 6.07 Å². The van der Waals surface area contributed by atoms with Crippen molar-refractivity contribution in [3.8, 4) is 5.75 Å². The molecule has 0 radical (unpaired) electrons. The molecule has 0 aliphatic heterocycles. The van der Waals surface area contributed by atoms with Crippen molar-refractivity contribution < 1.29 is 4.74 Å². The van der Waals surface area contributed by atoms with Gasteiger partial charge in [0.25, 0.3) is 0 Å². The number of hydrogen-bond acceptors (Lipinski definition) is 1. The molecule has 0 spiro atoms. The van der Waals surface area contributed by atoms with Crippen LogP contribution in [0.2, 0.25) is 0 Å². The Bertz CT molecular complexity index is 253. The minimum Gasteiger partial charge on any atom is -0.497 e. The molecule has 0 N–H and O–H groups in total. The molecule has 1 rings (SSSR count). The zero-order chi connectivity index (χ0) is 8.97. The normalized spacial score (nSPS) is 9.92. The lowest BCUT2D eigenvalue weighted by Crippen LogP contribution is -1.90. The van der Waals surface area contributed by atoms with Crippen molar-refractivity contribution in [1.29, 1.82) is 0 Å². The van der Waals surface area contributed by atoms with Gasteiger partial charge in [0.2, 0.25) is 0 Å². The van der Waals surface area contributed by atoms with Crippen LogP contribution in [-0.4, -0.2) is 7.11 Å². The van der Waals surface area contributed by atoms with Crippen molar-refractivity contribution in [1.82, 2.24) is 0 Å². The molecule has 0 heterocycles. The fourth-order valence-electron chi connectivity index (χ4n) is 1.35. The van der Waals surface area contributed by atoms with Crippen LogP contribution in [0.1, 0.15) is 24.5 Å². The summed E-state index contributed by atoms with van der Waals surface area (Å²) in [4.78, 5) is 0. The quantitative estimate of drug-likeness (QED) is 0.667. The van der Waals surface area contributed by atoms with Crippen molar-refractivity contribution in [2.75, 3.05) is 7.11 Å². The summed E-state index contributed by atoms with van der Waals surface area (Å²) in [7, 11) is 1.70. The van der Waals surface area contributed by atoms with Crippen molar-refractivity contribution in [2.45, 2.75) is 26.7 Å². The Morgan fingerprint density at radius 1 is 1.33 bits per heavy atom. The van der Waals surface area contributed by atoms with Crippen molar-refractivity contribution in [3.63, 3.8) is 0 Å². The van der Waals surface area contributed by atoms with Gasteiger partial charge in [0.1, 0.15) is 5.75 Å². The molecule has 0 unspecified atom stereocenters. The van der Waals surface area contributed by atoms with Gasteiger partial charge in [-0.15, -0.1) is 0 Å². The molecule has 1 aromatic rings. The number of benzene rings is 1. The number of aryl methyl sites for hydroxylation is 2. The Hall–Kier alpha value is -0.980. The second-order valence-electron chi connectivity index (χ2n) is 3.04. The van der Waals surface area contributed by atoms with Crippen LogP contribution < -0.4 is 4.74 Å². The molecule has 1 aromatic carbocycles. The van der Waals surface area contributed by atoms with E-state index >= 15 is 0 Å². The average molecular weight is 164 g/mol. The van der Waals surface area contributed by atoms with E-state index in [1.165, 1.54) is 17.5 Å². The lowest BCUT2D eigenvalue weighted by molar-refractivity contribution is 0.414. The smallest absolute Gasteiger partial charge is 0.119 e. The molecule has 0 saturated carbocycles. The summed E-state index contributed by atoms with van der Waals surface area (Å²) in [5.74, 6) is 0.951. The molecule has 0 atom stereocenters. The zero-order valence-electron chi connectivity index (χ0n) is 8.05. The van der Waals surface area contributed by atoms with E-state index in [0.29, 0.717) is 0 Å². The Kier molecular flexibility index (Phi) is 3.15. The van der Waals surface area contributed by atoms with Crippen molar-refractivity contribution >= 4 is 0 Å². The number of rotatable bonds is 3. The largest absolute Gasteiger partial charge is 0.497 e. The molecule has 1 nitrogen and oxygen atoms in total. The van der Waals surface area contributed by atoms with Crippen LogP contribution in [0.15, 0.2) is 18.2 Å². The minimum atomic E-state index is 0.951. The molecule has 0 aliphatic carbocycles. The SMILES string of the molecule is CCCc1ccc(OC)cc1C. The van der Waals surface area contributed by atoms with Gasteiger partial charge in [0.15, 0.2) is 0 Å². The van der Waals surface area contributed by atoms with E-state index in [1.54, 1.807) is 7.11 Å². The number of ether oxygens (including phenoxy) is 1. The maximum atomic E-state index is 5.13. The summed E-state index contributed by atoms with van der Waals surface area (Å²) in [5.41, 5.74) is 2.76. The predicted octanol–water partition coefficient (Wildman–Crippen LogP) is 2.96. The Labute approximate surface area is 74.4 Å². The highest BCUT2D eigenvalue weighted by Gasteiger charge is 1.98. The van der Waals surface area contributed by atoms with Crippen LogP contribution >= 0.6 is 0 Å². The maximum absolute atomic E-state index is 5.13. The van der Waals surface area contributed by atoms with E-state index in [9.17, 15) is 0 Å². The van der Waals surface area contributed by atoms with Crippen LogP contribution in [-0.2, 0) is 6.42 Å². The maximum Gasteiger partial charge on any atom is 0.119 e. The fraction of sp³-hybridized carbons (Fsp3) is 0.455. The molecule has 66 valence electrons. The fourth-order valence-corrected chi connectivity index (χ4v) is 1.35. The summed E-state index contributed by atoms with van der Waals surface area (Å²) in [6.45, 7) is 4.33. The first-order valence-corrected chi connectivity index (χ1v) is 4.41. The molecule has 0 saturated heterocycles. The summed E-state index contributed by atoms with van der Waals surface area (Å²) >= 11 is 0. The molecular formula is C11H16O. The highest BCUT2D eigenvalue weighted by Crippen LogP contribution is 2.17. The van der Waals surface area contributed by atoms with Gasteiger partial charge in [-0.1, -0.05) is 19.4 Å². The molecule has 0 aromatic heterocycles. The van der Waals surface area contributed by atoms with Crippen LogP contribution in [0, 0.1) is 6.92 Å². The Morgan fingerprint density at radius 3 is 2.58 bits per heavy atom. The van der Waals surface area contributed by atoms with E-state index in [-0.39, 0.29) is 0 Å². The van der Waals surface area contributed by atoms with E-state index < -0.39 is 0 Å². The third-order valence-electron chi connectivity index (χ3n) is 2.07. The van der Waals surface area contributed by atoms with Crippen LogP contribution in [0.4, 0.5) is 0 Å². The molecule has 0 bridgehead atoms. The average Bonchev–Trinajstić information content (AvgIpc) is 2.09. The van der Waals surface area contributed by atoms with Crippen molar-refractivity contribution in [3.05, 3.63) is 29.3 Å². The van der Waals surface area contributed by atoms with Gasteiger partial charge in [-0.2, -0.15) is 0 Å². The molecule has 0 fully saturated rings. The highest BCUT2D eigenvalue weighted by molar-refractivity contribution is 5.34. The van der Waals surface area contributed by atoms with Gasteiger partial charge < -0.3 is 4.74 Å². The van der Waals surface area contributed by atoms with E-state index in [2.05, 4.69) is 26.0 Å². The number of hydrogen-bond donors (Lipinski definition) is 0. The first kappa shape index (κ1) is 9.11. The van der Waals surface area contributed by atoms with E-state index in [0.717, 1.165) is 12.2 Å². The van der Waals surface area contributed by atoms with Crippen molar-refractivity contribution in [2.24, 2.45) is 0 Å². The monoisotopic (exact) mass is 164 g/mol. The third kappa shape index (κ3) is 2.00. The predicted molar refractivity (Wildman–Crippen MR) is 51.7 cm³/mol. The summed E-state index contributed by atoms with van der Waals surface area (Å²) in [5, 5.41) is 0. The topological polar surface area (TPSA) is 9.23 Å². The third-order valence-corrected chi connectivity index (χ3v) is 2.07. The Balaban J connectivity index is 2.87. The zero-order valence-corrected chi connectivity index (χ0v) is 8.05. The van der Waals surface area contributed by atoms with Gasteiger partial charge >= 0.3 is 0 Å². The molecule has 0 amide bonds. The minimum absolute atomic E-state index is 0.951. The van der Waals surface area contributed by atoms with Gasteiger partial charge in [-0.3, -0.25) is 0 Å². The second-order valence-corrected chi connectivity index (χ2v) is 3.04. The van der Waals surface area contributed by atoms with E-state index in [4.69, 9.17) is 4.74 Å². The van der Waals surface area contributed by atoms with Crippen LogP contribution in [0.3, 0.4) is 0 Å². The lowest BCUT2D eigenvalue weighted by atomic mass is 10.0. The Morgan fingerprint density at radius 2 is 2.08 bits per heavy atom. The van der Waals surface area contributed by atoms with Gasteiger partial charge in [0, 0.05) is 0 Å². The molecule has 1 heteroatoms. The van der Waals surface area contributed by atoms with Crippen LogP contribution in [0.5, 0.6) is 5.75 Å². The van der Waals surface area contributed by atoms with Gasteiger partial charge in [0.05, 0.1) is 7.11 Å². The number of methoxy groups -OCH3 is 1. The lowest BCUT2D eigenvalue weighted by Gasteiger charge is -2.06. The van der Waals surface area contributed by atoms with Crippen LogP contribution in [0.25, 0.3) is 0 Å². The molecular weight excluding hydrogens is 148 g/mol. The van der Waals surface area contributed by atoms with Gasteiger partial charge in [-0.05, 0) is 36.6 Å². The first-order chi connectivity index (χ1) is 5.77. The summed E-state index contributed by atoms with van der Waals surface area (Å²) < 4.78 is 5.13. The molecule has 12 heavy (non-hydrogen) atoms. The van der Waals surface area contributed by atoms with Gasteiger partial charge in [-0.25, -0.2) is 0 Å². The highest BCUT2D eigenvalue weighted by atomic mass is 16.5. The summed E-state index contributed by atoms with van der Waals surface area (Å²) in [6.07, 6.45) is 2.36. The standard InChI is InChI=1S/C11H16O/c1-4-5-10-6-7-11(12-3)8-9(10)2/h6-8H,4-5H2,1-3H3. The second kappa shape index (κ2) is 4.15. The molecule has 0 aliphatic rings. The first-order valence-electron chi connectivity index (χ1n) is 4.41. The summed E-state index contributed by atoms with van der Waals surface area (Å²) in [6, 6.07) is 6.26.